The second kappa shape index (κ2) is 8.44. The molecule has 1 unspecified atom stereocenters. The molecule has 0 amide bonds. The third kappa shape index (κ3) is 9.43. The van der Waals surface area contributed by atoms with Gasteiger partial charge < -0.3 is 9.84 Å². The number of aliphatic hydroxyl groups is 1. The summed E-state index contributed by atoms with van der Waals surface area (Å²) in [5, 5.41) is 11.8. The van der Waals surface area contributed by atoms with Crippen molar-refractivity contribution in [3.8, 4) is 0 Å². The molecule has 2 N–H and O–H groups in total. The smallest absolute Gasteiger partial charge is 0.306 e. The van der Waals surface area contributed by atoms with Gasteiger partial charge in [0.25, 0.3) is 0 Å². The van der Waals surface area contributed by atoms with Gasteiger partial charge in [-0.25, -0.2) is 0 Å². The summed E-state index contributed by atoms with van der Waals surface area (Å²) in [6.07, 6.45) is 1.87. The number of aliphatic hydroxyl groups excluding tert-OH is 1. The molecule has 0 bridgehead atoms. The number of esters is 1. The number of rotatable bonds is 8. The zero-order valence-corrected chi connectivity index (χ0v) is 9.53. The van der Waals surface area contributed by atoms with Crippen LogP contribution in [0.3, 0.4) is 0 Å². The molecule has 15 heavy (non-hydrogen) atoms. The molecule has 0 radical (unpaired) electrons. The maximum Gasteiger partial charge on any atom is 0.306 e. The van der Waals surface area contributed by atoms with E-state index in [2.05, 4.69) is 11.9 Å². The van der Waals surface area contributed by atoms with Crippen LogP contribution in [0.4, 0.5) is 0 Å². The zero-order valence-electron chi connectivity index (χ0n) is 9.53. The molecule has 0 aromatic heterocycles. The molecule has 0 saturated heterocycles. The molecule has 0 aliphatic heterocycles. The summed E-state index contributed by atoms with van der Waals surface area (Å²) in [7, 11) is 0. The molecule has 0 aliphatic rings. The van der Waals surface area contributed by atoms with Gasteiger partial charge in [0, 0.05) is 13.0 Å². The molecule has 0 fully saturated rings. The van der Waals surface area contributed by atoms with Gasteiger partial charge in [0.05, 0.1) is 6.61 Å². The molecule has 1 atom stereocenters. The number of carbonyl (C=O) groups is 1. The van der Waals surface area contributed by atoms with Crippen molar-refractivity contribution in [2.45, 2.75) is 32.9 Å². The molecule has 0 aromatic rings. The Morgan fingerprint density at radius 3 is 2.80 bits per heavy atom. The van der Waals surface area contributed by atoms with Crippen LogP contribution >= 0.6 is 0 Å². The minimum Gasteiger partial charge on any atom is -0.466 e. The van der Waals surface area contributed by atoms with Gasteiger partial charge in [0.1, 0.15) is 6.23 Å². The molecule has 0 rings (SSSR count). The first-order valence-corrected chi connectivity index (χ1v) is 5.26. The Kier molecular flexibility index (Phi) is 7.95. The van der Waals surface area contributed by atoms with E-state index in [1.807, 2.05) is 13.8 Å². The largest absolute Gasteiger partial charge is 0.466 e. The Bertz CT molecular complexity index is 192. The fraction of sp³-hybridized carbons (Fsp3) is 0.727. The fourth-order valence-corrected chi connectivity index (χ4v) is 0.984. The SMILES string of the molecule is C=CC(O)NCCCOC(=O)CC(C)C. The van der Waals surface area contributed by atoms with Crippen molar-refractivity contribution in [3.05, 3.63) is 12.7 Å². The first-order chi connectivity index (χ1) is 7.06. The highest BCUT2D eigenvalue weighted by Crippen LogP contribution is 2.00. The summed E-state index contributed by atoms with van der Waals surface area (Å²) in [4.78, 5) is 11.1. The molecule has 4 heteroatoms. The van der Waals surface area contributed by atoms with Crippen LogP contribution in [-0.4, -0.2) is 30.5 Å². The number of nitrogens with one attached hydrogen (secondary N) is 1. The monoisotopic (exact) mass is 215 g/mol. The predicted octanol–water partition coefficient (Wildman–Crippen LogP) is 1.06. The van der Waals surface area contributed by atoms with Gasteiger partial charge in [0.2, 0.25) is 0 Å². The summed E-state index contributed by atoms with van der Waals surface area (Å²) in [5.74, 6) is 0.174. The predicted molar refractivity (Wildman–Crippen MR) is 59.2 cm³/mol. The molecule has 0 saturated carbocycles. The second-order valence-corrected chi connectivity index (χ2v) is 3.81. The lowest BCUT2D eigenvalue weighted by atomic mass is 10.1. The molecule has 88 valence electrons. The first-order valence-electron chi connectivity index (χ1n) is 5.26. The van der Waals surface area contributed by atoms with Crippen LogP contribution in [0.2, 0.25) is 0 Å². The third-order valence-electron chi connectivity index (χ3n) is 1.74. The van der Waals surface area contributed by atoms with Gasteiger partial charge in [-0.05, 0) is 18.4 Å². The molecule has 0 aliphatic carbocycles. The van der Waals surface area contributed by atoms with Crippen molar-refractivity contribution in [1.82, 2.24) is 5.32 Å². The Labute approximate surface area is 91.3 Å². The highest BCUT2D eigenvalue weighted by atomic mass is 16.5. The minimum absolute atomic E-state index is 0.158. The van der Waals surface area contributed by atoms with Crippen LogP contribution < -0.4 is 5.32 Å². The van der Waals surface area contributed by atoms with Crippen LogP contribution in [0.1, 0.15) is 26.7 Å². The van der Waals surface area contributed by atoms with Gasteiger partial charge in [-0.3, -0.25) is 10.1 Å². The van der Waals surface area contributed by atoms with Crippen molar-refractivity contribution in [1.29, 1.82) is 0 Å². The van der Waals surface area contributed by atoms with Gasteiger partial charge in [-0.2, -0.15) is 0 Å². The second-order valence-electron chi connectivity index (χ2n) is 3.81. The average Bonchev–Trinajstić information content (AvgIpc) is 2.15. The van der Waals surface area contributed by atoms with Crippen molar-refractivity contribution in [2.24, 2.45) is 5.92 Å². The Hall–Kier alpha value is -0.870. The van der Waals surface area contributed by atoms with Crippen molar-refractivity contribution >= 4 is 5.97 Å². The normalized spacial score (nSPS) is 12.5. The maximum atomic E-state index is 11.1. The van der Waals surface area contributed by atoms with E-state index in [1.165, 1.54) is 6.08 Å². The van der Waals surface area contributed by atoms with E-state index in [9.17, 15) is 4.79 Å². The molecule has 0 aromatic carbocycles. The van der Waals surface area contributed by atoms with Gasteiger partial charge in [-0.1, -0.05) is 20.4 Å². The van der Waals surface area contributed by atoms with Crippen LogP contribution in [0.5, 0.6) is 0 Å². The third-order valence-corrected chi connectivity index (χ3v) is 1.74. The standard InChI is InChI=1S/C11H21NO3/c1-4-10(13)12-6-5-7-15-11(14)8-9(2)3/h4,9-10,12-13H,1,5-8H2,2-3H3. The highest BCUT2D eigenvalue weighted by molar-refractivity contribution is 5.69. The van der Waals surface area contributed by atoms with Gasteiger partial charge in [-0.15, -0.1) is 0 Å². The quantitative estimate of drug-likeness (QED) is 0.275. The summed E-state index contributed by atoms with van der Waals surface area (Å²) in [6, 6.07) is 0. The number of hydrogen-bond acceptors (Lipinski definition) is 4. The van der Waals surface area contributed by atoms with E-state index >= 15 is 0 Å². The Morgan fingerprint density at radius 2 is 2.27 bits per heavy atom. The lowest BCUT2D eigenvalue weighted by Crippen LogP contribution is -2.28. The van der Waals surface area contributed by atoms with E-state index in [0.29, 0.717) is 31.9 Å². The topological polar surface area (TPSA) is 58.6 Å². The van der Waals surface area contributed by atoms with Crippen LogP contribution in [-0.2, 0) is 9.53 Å². The van der Waals surface area contributed by atoms with Crippen molar-refractivity contribution in [2.75, 3.05) is 13.2 Å². The minimum atomic E-state index is -0.684. The molecule has 4 nitrogen and oxygen atoms in total. The number of hydrogen-bond donors (Lipinski definition) is 2. The van der Waals surface area contributed by atoms with Gasteiger partial charge >= 0.3 is 5.97 Å². The molecule has 0 heterocycles. The number of carbonyl (C=O) groups excluding carboxylic acids is 1. The first kappa shape index (κ1) is 14.1. The fourth-order valence-electron chi connectivity index (χ4n) is 0.984. The molecular weight excluding hydrogens is 194 g/mol. The van der Waals surface area contributed by atoms with Crippen molar-refractivity contribution in [3.63, 3.8) is 0 Å². The van der Waals surface area contributed by atoms with E-state index in [4.69, 9.17) is 9.84 Å². The van der Waals surface area contributed by atoms with E-state index in [-0.39, 0.29) is 5.97 Å². The Balaban J connectivity index is 3.31. The van der Waals surface area contributed by atoms with E-state index < -0.39 is 6.23 Å². The zero-order chi connectivity index (χ0) is 11.7. The molecule has 0 spiro atoms. The Morgan fingerprint density at radius 1 is 1.60 bits per heavy atom. The lowest BCUT2D eigenvalue weighted by molar-refractivity contribution is -0.144. The van der Waals surface area contributed by atoms with E-state index in [1.54, 1.807) is 0 Å². The lowest BCUT2D eigenvalue weighted by Gasteiger charge is -2.09. The van der Waals surface area contributed by atoms with Crippen molar-refractivity contribution < 1.29 is 14.6 Å². The van der Waals surface area contributed by atoms with Crippen LogP contribution in [0, 0.1) is 5.92 Å². The van der Waals surface area contributed by atoms with Gasteiger partial charge in [0.15, 0.2) is 0 Å². The summed E-state index contributed by atoms with van der Waals surface area (Å²) >= 11 is 0. The molecular formula is C11H21NO3. The number of ether oxygens (including phenoxy) is 1. The van der Waals surface area contributed by atoms with Crippen LogP contribution in [0.25, 0.3) is 0 Å². The van der Waals surface area contributed by atoms with E-state index in [0.717, 1.165) is 0 Å². The maximum absolute atomic E-state index is 11.1. The summed E-state index contributed by atoms with van der Waals surface area (Å²) in [5.41, 5.74) is 0. The highest BCUT2D eigenvalue weighted by Gasteiger charge is 2.05. The average molecular weight is 215 g/mol. The summed E-state index contributed by atoms with van der Waals surface area (Å²) in [6.45, 7) is 8.36. The summed E-state index contributed by atoms with van der Waals surface area (Å²) < 4.78 is 4.98. The van der Waals surface area contributed by atoms with Crippen LogP contribution in [0.15, 0.2) is 12.7 Å².